The van der Waals surface area contributed by atoms with Gasteiger partial charge in [0.25, 0.3) is 0 Å². The van der Waals surface area contributed by atoms with E-state index in [1.165, 1.54) is 0 Å². The molecule has 1 aliphatic rings. The fraction of sp³-hybridized carbons (Fsp3) is 0.429. The number of ether oxygens (including phenoxy) is 1. The highest BCUT2D eigenvalue weighted by Gasteiger charge is 2.25. The van der Waals surface area contributed by atoms with Gasteiger partial charge >= 0.3 is 0 Å². The molecule has 1 fully saturated rings. The molecule has 5 heteroatoms. The summed E-state index contributed by atoms with van der Waals surface area (Å²) < 4.78 is 5.21. The highest BCUT2D eigenvalue weighted by atomic mass is 16.5. The van der Waals surface area contributed by atoms with Crippen LogP contribution in [0.15, 0.2) is 30.3 Å². The number of carbonyl (C=O) groups excluding carboxylic acids is 1. The zero-order valence-electron chi connectivity index (χ0n) is 10.7. The highest BCUT2D eigenvalue weighted by Crippen LogP contribution is 2.16. The van der Waals surface area contributed by atoms with Crippen molar-refractivity contribution in [2.24, 2.45) is 5.73 Å². The molecule has 0 aromatic heterocycles. The number of amides is 1. The summed E-state index contributed by atoms with van der Waals surface area (Å²) in [4.78, 5) is 13.8. The van der Waals surface area contributed by atoms with Crippen LogP contribution in [0.25, 0.3) is 0 Å². The summed E-state index contributed by atoms with van der Waals surface area (Å²) in [7, 11) is 0. The van der Waals surface area contributed by atoms with Crippen molar-refractivity contribution in [2.45, 2.75) is 18.6 Å². The Labute approximate surface area is 112 Å². The fourth-order valence-electron chi connectivity index (χ4n) is 2.09. The third kappa shape index (κ3) is 3.53. The smallest absolute Gasteiger partial charge is 0.224 e. The Hall–Kier alpha value is -1.90. The van der Waals surface area contributed by atoms with Crippen molar-refractivity contribution in [3.8, 4) is 6.07 Å². The van der Waals surface area contributed by atoms with Crippen LogP contribution in [0.4, 0.5) is 0 Å². The van der Waals surface area contributed by atoms with Gasteiger partial charge in [0.2, 0.25) is 5.91 Å². The molecular weight excluding hydrogens is 242 g/mol. The third-order valence-electron chi connectivity index (χ3n) is 3.19. The minimum atomic E-state index is -0.523. The lowest BCUT2D eigenvalue weighted by atomic mass is 10.0. The van der Waals surface area contributed by atoms with Crippen molar-refractivity contribution >= 4 is 5.91 Å². The maximum absolute atomic E-state index is 12.1. The molecule has 1 saturated heterocycles. The quantitative estimate of drug-likeness (QED) is 0.871. The van der Waals surface area contributed by atoms with Crippen LogP contribution in [0.3, 0.4) is 0 Å². The first-order chi connectivity index (χ1) is 9.20. The van der Waals surface area contributed by atoms with E-state index in [2.05, 4.69) is 0 Å². The number of morpholine rings is 1. The second-order valence-electron chi connectivity index (χ2n) is 4.55. The Morgan fingerprint density at radius 3 is 2.95 bits per heavy atom. The first kappa shape index (κ1) is 13.5. The summed E-state index contributed by atoms with van der Waals surface area (Å²) in [5.74, 6) is -0.0279. The molecule has 2 N–H and O–H groups in total. The van der Waals surface area contributed by atoms with Crippen LogP contribution in [-0.2, 0) is 9.53 Å². The van der Waals surface area contributed by atoms with Crippen molar-refractivity contribution in [3.63, 3.8) is 0 Å². The van der Waals surface area contributed by atoms with Gasteiger partial charge in [-0.3, -0.25) is 4.79 Å². The molecular formula is C14H17N3O2. The molecule has 2 atom stereocenters. The summed E-state index contributed by atoms with van der Waals surface area (Å²) in [6, 6.07) is 11.3. The average molecular weight is 259 g/mol. The summed E-state index contributed by atoms with van der Waals surface area (Å²) >= 11 is 0. The van der Waals surface area contributed by atoms with E-state index in [1.807, 2.05) is 36.4 Å². The van der Waals surface area contributed by atoms with Gasteiger partial charge in [-0.05, 0) is 5.56 Å². The normalized spacial score (nSPS) is 20.6. The molecule has 1 amide bonds. The molecule has 2 rings (SSSR count). The SMILES string of the molecule is N#CC1CN(C(=O)CC(N)c2ccccc2)CCO1. The van der Waals surface area contributed by atoms with E-state index in [0.717, 1.165) is 5.56 Å². The number of nitrogens with zero attached hydrogens (tertiary/aromatic N) is 2. The fourth-order valence-corrected chi connectivity index (χ4v) is 2.09. The molecule has 0 radical (unpaired) electrons. The molecule has 1 aromatic carbocycles. The van der Waals surface area contributed by atoms with Crippen LogP contribution >= 0.6 is 0 Å². The molecule has 100 valence electrons. The van der Waals surface area contributed by atoms with E-state index < -0.39 is 6.10 Å². The van der Waals surface area contributed by atoms with Crippen LogP contribution in [-0.4, -0.2) is 36.6 Å². The second-order valence-corrected chi connectivity index (χ2v) is 4.55. The molecule has 19 heavy (non-hydrogen) atoms. The number of nitrogens with two attached hydrogens (primary N) is 1. The van der Waals surface area contributed by atoms with Crippen LogP contribution in [0.2, 0.25) is 0 Å². The lowest BCUT2D eigenvalue weighted by molar-refractivity contribution is -0.137. The Morgan fingerprint density at radius 1 is 1.53 bits per heavy atom. The van der Waals surface area contributed by atoms with Crippen LogP contribution in [0.1, 0.15) is 18.0 Å². The van der Waals surface area contributed by atoms with Crippen molar-refractivity contribution in [1.82, 2.24) is 4.90 Å². The molecule has 0 saturated carbocycles. The molecule has 5 nitrogen and oxygen atoms in total. The average Bonchev–Trinajstić information content (AvgIpc) is 2.48. The van der Waals surface area contributed by atoms with Gasteiger partial charge in [-0.15, -0.1) is 0 Å². The Kier molecular flexibility index (Phi) is 4.50. The topological polar surface area (TPSA) is 79.4 Å². The number of rotatable bonds is 3. The van der Waals surface area contributed by atoms with E-state index in [4.69, 9.17) is 15.7 Å². The maximum atomic E-state index is 12.1. The summed E-state index contributed by atoms with van der Waals surface area (Å²) in [6.45, 7) is 1.26. The van der Waals surface area contributed by atoms with Gasteiger partial charge in [-0.2, -0.15) is 5.26 Å². The van der Waals surface area contributed by atoms with Gasteiger partial charge in [0.05, 0.1) is 19.2 Å². The second kappa shape index (κ2) is 6.32. The lowest BCUT2D eigenvalue weighted by Gasteiger charge is -2.30. The predicted molar refractivity (Wildman–Crippen MR) is 69.9 cm³/mol. The van der Waals surface area contributed by atoms with Gasteiger partial charge in [-0.1, -0.05) is 30.3 Å². The van der Waals surface area contributed by atoms with E-state index >= 15 is 0 Å². The first-order valence-electron chi connectivity index (χ1n) is 6.30. The van der Waals surface area contributed by atoms with E-state index in [9.17, 15) is 4.79 Å². The van der Waals surface area contributed by atoms with Crippen LogP contribution in [0, 0.1) is 11.3 Å². The van der Waals surface area contributed by atoms with Gasteiger partial charge in [0, 0.05) is 19.0 Å². The summed E-state index contributed by atoms with van der Waals surface area (Å²) in [6.07, 6.45) is -0.270. The van der Waals surface area contributed by atoms with Crippen LogP contribution in [0.5, 0.6) is 0 Å². The molecule has 0 bridgehead atoms. The van der Waals surface area contributed by atoms with Crippen LogP contribution < -0.4 is 5.73 Å². The molecule has 1 heterocycles. The number of nitriles is 1. The number of hydrogen-bond acceptors (Lipinski definition) is 4. The Morgan fingerprint density at radius 2 is 2.26 bits per heavy atom. The van der Waals surface area contributed by atoms with Gasteiger partial charge in [0.1, 0.15) is 0 Å². The monoisotopic (exact) mass is 259 g/mol. The molecule has 2 unspecified atom stereocenters. The zero-order valence-corrected chi connectivity index (χ0v) is 10.7. The maximum Gasteiger partial charge on any atom is 0.224 e. The summed E-state index contributed by atoms with van der Waals surface area (Å²) in [5.41, 5.74) is 6.97. The molecule has 0 aliphatic carbocycles. The highest BCUT2D eigenvalue weighted by molar-refractivity contribution is 5.77. The van der Waals surface area contributed by atoms with Gasteiger partial charge in [-0.25, -0.2) is 0 Å². The molecule has 1 aromatic rings. The van der Waals surface area contributed by atoms with Crippen molar-refractivity contribution in [1.29, 1.82) is 5.26 Å². The van der Waals surface area contributed by atoms with Crippen molar-refractivity contribution < 1.29 is 9.53 Å². The van der Waals surface area contributed by atoms with Gasteiger partial charge < -0.3 is 15.4 Å². The minimum absolute atomic E-state index is 0.0279. The molecule has 0 spiro atoms. The number of carbonyl (C=O) groups is 1. The van der Waals surface area contributed by atoms with E-state index in [0.29, 0.717) is 19.7 Å². The van der Waals surface area contributed by atoms with Crippen molar-refractivity contribution in [2.75, 3.05) is 19.7 Å². The van der Waals surface area contributed by atoms with E-state index in [-0.39, 0.29) is 18.4 Å². The third-order valence-corrected chi connectivity index (χ3v) is 3.19. The zero-order chi connectivity index (χ0) is 13.7. The standard InChI is InChI=1S/C14H17N3O2/c15-9-12-10-17(6-7-19-12)14(18)8-13(16)11-4-2-1-3-5-11/h1-5,12-13H,6-8,10,16H2. The Balaban J connectivity index is 1.92. The minimum Gasteiger partial charge on any atom is -0.360 e. The summed E-state index contributed by atoms with van der Waals surface area (Å²) in [5, 5.41) is 8.81. The first-order valence-corrected chi connectivity index (χ1v) is 6.30. The van der Waals surface area contributed by atoms with E-state index in [1.54, 1.807) is 4.90 Å². The molecule has 1 aliphatic heterocycles. The van der Waals surface area contributed by atoms with Crippen molar-refractivity contribution in [3.05, 3.63) is 35.9 Å². The Bertz CT molecular complexity index is 469. The number of benzene rings is 1. The van der Waals surface area contributed by atoms with Gasteiger partial charge in [0.15, 0.2) is 6.10 Å². The largest absolute Gasteiger partial charge is 0.360 e. The lowest BCUT2D eigenvalue weighted by Crippen LogP contribution is -2.45. The predicted octanol–water partition coefficient (Wildman–Crippen LogP) is 0.827. The number of hydrogen-bond donors (Lipinski definition) is 1.